The van der Waals surface area contributed by atoms with Crippen LogP contribution in [-0.4, -0.2) is 19.8 Å². The van der Waals surface area contributed by atoms with Gasteiger partial charge in [0.1, 0.15) is 11.4 Å². The summed E-state index contributed by atoms with van der Waals surface area (Å²) in [4.78, 5) is 0. The first-order valence-corrected chi connectivity index (χ1v) is 6.23. The van der Waals surface area contributed by atoms with Gasteiger partial charge < -0.3 is 19.9 Å². The van der Waals surface area contributed by atoms with Crippen molar-refractivity contribution in [2.45, 2.75) is 38.3 Å². The minimum atomic E-state index is -0.202. The lowest BCUT2D eigenvalue weighted by Crippen LogP contribution is -2.39. The minimum absolute atomic E-state index is 0.0292. The van der Waals surface area contributed by atoms with E-state index >= 15 is 0 Å². The van der Waals surface area contributed by atoms with E-state index in [2.05, 4.69) is 13.8 Å². The number of rotatable bonds is 3. The number of hydrogen-bond acceptors (Lipinski definition) is 4. The maximum atomic E-state index is 6.24. The molecule has 0 aromatic heterocycles. The third kappa shape index (κ3) is 2.12. The Morgan fingerprint density at radius 2 is 1.94 bits per heavy atom. The number of methoxy groups -OCH3 is 2. The fourth-order valence-corrected chi connectivity index (χ4v) is 2.35. The van der Waals surface area contributed by atoms with E-state index in [1.54, 1.807) is 14.2 Å². The van der Waals surface area contributed by atoms with Crippen LogP contribution >= 0.6 is 0 Å². The highest BCUT2D eigenvalue weighted by atomic mass is 16.5. The molecule has 1 aromatic carbocycles. The molecule has 2 atom stereocenters. The van der Waals surface area contributed by atoms with Crippen LogP contribution in [-0.2, 0) is 0 Å². The molecule has 2 unspecified atom stereocenters. The number of hydrogen-bond donors (Lipinski definition) is 1. The maximum Gasteiger partial charge on any atom is 0.164 e. The van der Waals surface area contributed by atoms with Gasteiger partial charge in [0.25, 0.3) is 0 Å². The molecule has 0 spiro atoms. The van der Waals surface area contributed by atoms with E-state index in [4.69, 9.17) is 19.9 Å². The second-order valence-corrected chi connectivity index (χ2v) is 4.96. The van der Waals surface area contributed by atoms with E-state index < -0.39 is 0 Å². The average molecular weight is 251 g/mol. The monoisotopic (exact) mass is 251 g/mol. The molecule has 1 aliphatic rings. The molecular formula is C14H21NO3. The van der Waals surface area contributed by atoms with Crippen LogP contribution in [0.3, 0.4) is 0 Å². The van der Waals surface area contributed by atoms with Crippen molar-refractivity contribution in [3.05, 3.63) is 17.7 Å². The van der Waals surface area contributed by atoms with Crippen molar-refractivity contribution in [3.8, 4) is 17.2 Å². The molecule has 4 heteroatoms. The van der Waals surface area contributed by atoms with Crippen molar-refractivity contribution in [2.24, 2.45) is 5.73 Å². The predicted molar refractivity (Wildman–Crippen MR) is 70.4 cm³/mol. The van der Waals surface area contributed by atoms with Crippen molar-refractivity contribution in [1.82, 2.24) is 0 Å². The summed E-state index contributed by atoms with van der Waals surface area (Å²) in [5, 5.41) is 0. The van der Waals surface area contributed by atoms with Gasteiger partial charge in [0.15, 0.2) is 11.5 Å². The third-order valence-corrected chi connectivity index (χ3v) is 3.67. The number of nitrogens with two attached hydrogens (primary N) is 1. The SMILES string of the molecule is CCC1(C)CC(N)c2cc(OC)c(OC)cc2O1. The topological polar surface area (TPSA) is 53.7 Å². The van der Waals surface area contributed by atoms with Gasteiger partial charge >= 0.3 is 0 Å². The highest BCUT2D eigenvalue weighted by molar-refractivity contribution is 5.52. The highest BCUT2D eigenvalue weighted by Crippen LogP contribution is 2.44. The van der Waals surface area contributed by atoms with E-state index in [9.17, 15) is 0 Å². The Balaban J connectivity index is 2.47. The van der Waals surface area contributed by atoms with Gasteiger partial charge in [-0.3, -0.25) is 0 Å². The van der Waals surface area contributed by atoms with Gasteiger partial charge in [-0.1, -0.05) is 6.92 Å². The van der Waals surface area contributed by atoms with Crippen LogP contribution < -0.4 is 19.9 Å². The molecule has 0 saturated carbocycles. The fraction of sp³-hybridized carbons (Fsp3) is 0.571. The Morgan fingerprint density at radius 3 is 2.50 bits per heavy atom. The van der Waals surface area contributed by atoms with E-state index in [1.165, 1.54) is 0 Å². The smallest absolute Gasteiger partial charge is 0.164 e. The summed E-state index contributed by atoms with van der Waals surface area (Å²) in [7, 11) is 3.24. The maximum absolute atomic E-state index is 6.24. The third-order valence-electron chi connectivity index (χ3n) is 3.67. The Bertz CT molecular complexity index is 447. The highest BCUT2D eigenvalue weighted by Gasteiger charge is 2.35. The summed E-state index contributed by atoms with van der Waals surface area (Å²) in [5.41, 5.74) is 7.02. The van der Waals surface area contributed by atoms with Gasteiger partial charge in [-0.25, -0.2) is 0 Å². The van der Waals surface area contributed by atoms with Crippen LogP contribution in [0.2, 0.25) is 0 Å². The van der Waals surface area contributed by atoms with Crippen molar-refractivity contribution >= 4 is 0 Å². The van der Waals surface area contributed by atoms with E-state index in [0.717, 1.165) is 24.2 Å². The van der Waals surface area contributed by atoms with Crippen molar-refractivity contribution in [3.63, 3.8) is 0 Å². The van der Waals surface area contributed by atoms with Gasteiger partial charge in [0.05, 0.1) is 14.2 Å². The van der Waals surface area contributed by atoms with Crippen LogP contribution in [0.4, 0.5) is 0 Å². The number of ether oxygens (including phenoxy) is 3. The molecule has 2 rings (SSSR count). The molecule has 0 saturated heterocycles. The first-order chi connectivity index (χ1) is 8.53. The molecule has 0 aliphatic carbocycles. The second kappa shape index (κ2) is 4.69. The van der Waals surface area contributed by atoms with Crippen molar-refractivity contribution in [1.29, 1.82) is 0 Å². The van der Waals surface area contributed by atoms with Gasteiger partial charge in [0.2, 0.25) is 0 Å². The van der Waals surface area contributed by atoms with Crippen molar-refractivity contribution < 1.29 is 14.2 Å². The summed E-state index contributed by atoms with van der Waals surface area (Å²) in [6.07, 6.45) is 1.74. The van der Waals surface area contributed by atoms with Crippen LogP contribution in [0, 0.1) is 0 Å². The lowest BCUT2D eigenvalue weighted by molar-refractivity contribution is 0.0498. The number of benzene rings is 1. The Labute approximate surface area is 108 Å². The van der Waals surface area contributed by atoms with Crippen LogP contribution in [0.15, 0.2) is 12.1 Å². The molecule has 2 N–H and O–H groups in total. The average Bonchev–Trinajstić information content (AvgIpc) is 2.37. The van der Waals surface area contributed by atoms with E-state index in [0.29, 0.717) is 11.5 Å². The predicted octanol–water partition coefficient (Wildman–Crippen LogP) is 2.65. The molecule has 18 heavy (non-hydrogen) atoms. The summed E-state index contributed by atoms with van der Waals surface area (Å²) in [6.45, 7) is 4.20. The molecule has 0 fully saturated rings. The zero-order valence-electron chi connectivity index (χ0n) is 11.4. The molecule has 0 bridgehead atoms. The fourth-order valence-electron chi connectivity index (χ4n) is 2.35. The Morgan fingerprint density at radius 1 is 1.33 bits per heavy atom. The molecule has 0 amide bonds. The Hall–Kier alpha value is -1.42. The van der Waals surface area contributed by atoms with Gasteiger partial charge in [-0.2, -0.15) is 0 Å². The largest absolute Gasteiger partial charge is 0.493 e. The molecule has 1 aliphatic heterocycles. The zero-order chi connectivity index (χ0) is 13.3. The first kappa shape index (κ1) is 13.0. The quantitative estimate of drug-likeness (QED) is 0.897. The lowest BCUT2D eigenvalue weighted by atomic mass is 9.87. The molecule has 0 radical (unpaired) electrons. The van der Waals surface area contributed by atoms with Crippen LogP contribution in [0.1, 0.15) is 38.3 Å². The zero-order valence-corrected chi connectivity index (χ0v) is 11.4. The summed E-state index contributed by atoms with van der Waals surface area (Å²) in [6, 6.07) is 3.74. The van der Waals surface area contributed by atoms with E-state index in [1.807, 2.05) is 12.1 Å². The summed E-state index contributed by atoms with van der Waals surface area (Å²) in [5.74, 6) is 2.16. The van der Waals surface area contributed by atoms with Crippen LogP contribution in [0.5, 0.6) is 17.2 Å². The van der Waals surface area contributed by atoms with Crippen LogP contribution in [0.25, 0.3) is 0 Å². The molecule has 100 valence electrons. The van der Waals surface area contributed by atoms with Gasteiger partial charge in [0, 0.05) is 24.1 Å². The normalized spacial score (nSPS) is 26.2. The molecule has 4 nitrogen and oxygen atoms in total. The minimum Gasteiger partial charge on any atom is -0.493 e. The Kier molecular flexibility index (Phi) is 3.39. The second-order valence-electron chi connectivity index (χ2n) is 4.96. The lowest BCUT2D eigenvalue weighted by Gasteiger charge is -2.38. The molecule has 1 heterocycles. The number of fused-ring (bicyclic) bond motifs is 1. The summed E-state index contributed by atoms with van der Waals surface area (Å²) < 4.78 is 16.7. The van der Waals surface area contributed by atoms with Gasteiger partial charge in [-0.05, 0) is 19.4 Å². The molecule has 1 aromatic rings. The molecular weight excluding hydrogens is 230 g/mol. The standard InChI is InChI=1S/C14H21NO3/c1-5-14(2)8-10(15)9-6-12(16-3)13(17-4)7-11(9)18-14/h6-7,10H,5,8,15H2,1-4H3. The van der Waals surface area contributed by atoms with Crippen molar-refractivity contribution in [2.75, 3.05) is 14.2 Å². The summed E-state index contributed by atoms with van der Waals surface area (Å²) >= 11 is 0. The van der Waals surface area contributed by atoms with Gasteiger partial charge in [-0.15, -0.1) is 0 Å². The first-order valence-electron chi connectivity index (χ1n) is 6.23. The van der Waals surface area contributed by atoms with E-state index in [-0.39, 0.29) is 11.6 Å².